The molecule has 0 spiro atoms. The summed E-state index contributed by atoms with van der Waals surface area (Å²) in [6, 6.07) is 3.56. The molecule has 1 heterocycles. The Balaban J connectivity index is 2.52. The fraction of sp³-hybridized carbons (Fsp3) is 0.273. The standard InChI is InChI=1S/C11H11FO3S/c1-7(13)4-10-6-8-5-9(12)2-3-11(8)16(10,14)15/h2-3,5-7,13H,4H2,1H3. The first-order valence-electron chi connectivity index (χ1n) is 4.84. The summed E-state index contributed by atoms with van der Waals surface area (Å²) in [6.45, 7) is 1.51. The van der Waals surface area contributed by atoms with Crippen molar-refractivity contribution in [3.63, 3.8) is 0 Å². The molecule has 1 aromatic rings. The van der Waals surface area contributed by atoms with Gasteiger partial charge in [-0.15, -0.1) is 0 Å². The largest absolute Gasteiger partial charge is 0.393 e. The second kappa shape index (κ2) is 3.68. The topological polar surface area (TPSA) is 54.4 Å². The highest BCUT2D eigenvalue weighted by atomic mass is 32.2. The van der Waals surface area contributed by atoms with Crippen molar-refractivity contribution >= 4 is 15.9 Å². The summed E-state index contributed by atoms with van der Waals surface area (Å²) in [4.78, 5) is 0.257. The van der Waals surface area contributed by atoms with Crippen molar-refractivity contribution in [2.75, 3.05) is 0 Å². The third-order valence-corrected chi connectivity index (χ3v) is 4.35. The molecule has 86 valence electrons. The summed E-state index contributed by atoms with van der Waals surface area (Å²) in [5, 5.41) is 9.20. The molecule has 1 aromatic carbocycles. The maximum Gasteiger partial charge on any atom is 0.203 e. The van der Waals surface area contributed by atoms with Gasteiger partial charge in [0.1, 0.15) is 5.82 Å². The van der Waals surface area contributed by atoms with Gasteiger partial charge in [0.05, 0.1) is 15.9 Å². The Bertz CT molecular complexity index is 559. The highest BCUT2D eigenvalue weighted by molar-refractivity contribution is 7.95. The van der Waals surface area contributed by atoms with Crippen LogP contribution in [0.2, 0.25) is 0 Å². The second-order valence-electron chi connectivity index (χ2n) is 3.85. The van der Waals surface area contributed by atoms with Crippen LogP contribution in [0.5, 0.6) is 0 Å². The van der Waals surface area contributed by atoms with Crippen molar-refractivity contribution in [2.45, 2.75) is 24.3 Å². The fourth-order valence-corrected chi connectivity index (χ4v) is 3.43. The zero-order valence-electron chi connectivity index (χ0n) is 8.64. The number of halogens is 1. The van der Waals surface area contributed by atoms with E-state index in [2.05, 4.69) is 0 Å². The van der Waals surface area contributed by atoms with E-state index in [4.69, 9.17) is 0 Å². The molecule has 1 aliphatic rings. The number of aliphatic hydroxyl groups is 1. The zero-order chi connectivity index (χ0) is 11.9. The Morgan fingerprint density at radius 3 is 2.75 bits per heavy atom. The molecule has 0 radical (unpaired) electrons. The third kappa shape index (κ3) is 1.76. The molecule has 0 aliphatic carbocycles. The maximum atomic E-state index is 12.9. The van der Waals surface area contributed by atoms with Crippen molar-refractivity contribution in [1.29, 1.82) is 0 Å². The number of fused-ring (bicyclic) bond motifs is 1. The van der Waals surface area contributed by atoms with Gasteiger partial charge in [-0.2, -0.15) is 0 Å². The van der Waals surface area contributed by atoms with Gasteiger partial charge in [-0.1, -0.05) is 0 Å². The normalized spacial score (nSPS) is 19.1. The quantitative estimate of drug-likeness (QED) is 0.803. The molecule has 0 amide bonds. The Kier molecular flexibility index (Phi) is 2.59. The van der Waals surface area contributed by atoms with E-state index in [0.29, 0.717) is 5.56 Å². The maximum absolute atomic E-state index is 12.9. The van der Waals surface area contributed by atoms with E-state index in [0.717, 1.165) is 6.07 Å². The lowest BCUT2D eigenvalue weighted by Gasteiger charge is -2.05. The molecule has 3 nitrogen and oxygen atoms in total. The Morgan fingerprint density at radius 1 is 1.44 bits per heavy atom. The van der Waals surface area contributed by atoms with Gasteiger partial charge in [-0.25, -0.2) is 12.8 Å². The molecule has 0 saturated carbocycles. The first kappa shape index (κ1) is 11.3. The SMILES string of the molecule is CC(O)CC1=Cc2cc(F)ccc2S1(=O)=O. The molecule has 1 aliphatic heterocycles. The van der Waals surface area contributed by atoms with Crippen LogP contribution in [0.3, 0.4) is 0 Å². The van der Waals surface area contributed by atoms with E-state index in [9.17, 15) is 17.9 Å². The summed E-state index contributed by atoms with van der Waals surface area (Å²) in [6.07, 6.45) is 0.735. The molecule has 2 rings (SSSR count). The molecule has 1 unspecified atom stereocenters. The second-order valence-corrected chi connectivity index (χ2v) is 5.82. The van der Waals surface area contributed by atoms with Gasteiger partial charge < -0.3 is 5.11 Å². The van der Waals surface area contributed by atoms with Crippen LogP contribution in [0, 0.1) is 5.82 Å². The van der Waals surface area contributed by atoms with E-state index in [-0.39, 0.29) is 16.2 Å². The minimum absolute atomic E-state index is 0.0542. The molecular formula is C11H11FO3S. The van der Waals surface area contributed by atoms with E-state index in [1.807, 2.05) is 0 Å². The molecule has 1 N–H and O–H groups in total. The lowest BCUT2D eigenvalue weighted by atomic mass is 10.2. The molecular weight excluding hydrogens is 231 g/mol. The minimum atomic E-state index is -3.52. The minimum Gasteiger partial charge on any atom is -0.393 e. The van der Waals surface area contributed by atoms with Gasteiger partial charge in [0.2, 0.25) is 9.84 Å². The number of rotatable bonds is 2. The fourth-order valence-electron chi connectivity index (χ4n) is 1.73. The molecule has 0 aromatic heterocycles. The Hall–Kier alpha value is -1.20. The zero-order valence-corrected chi connectivity index (χ0v) is 9.46. The van der Waals surface area contributed by atoms with Crippen LogP contribution in [0.25, 0.3) is 6.08 Å². The van der Waals surface area contributed by atoms with Crippen LogP contribution >= 0.6 is 0 Å². The molecule has 0 fully saturated rings. The molecule has 0 bridgehead atoms. The van der Waals surface area contributed by atoms with Crippen molar-refractivity contribution in [3.8, 4) is 0 Å². The van der Waals surface area contributed by atoms with Gasteiger partial charge in [-0.3, -0.25) is 0 Å². The van der Waals surface area contributed by atoms with Crippen molar-refractivity contribution < 1.29 is 17.9 Å². The summed E-state index contributed by atoms with van der Waals surface area (Å²) < 4.78 is 36.8. The number of hydrogen-bond donors (Lipinski definition) is 1. The van der Waals surface area contributed by atoms with E-state index in [1.54, 1.807) is 0 Å². The van der Waals surface area contributed by atoms with Gasteiger partial charge in [-0.05, 0) is 36.8 Å². The third-order valence-electron chi connectivity index (χ3n) is 2.42. The predicted octanol–water partition coefficient (Wildman–Crippen LogP) is 1.72. The average Bonchev–Trinajstić information content (AvgIpc) is 2.37. The van der Waals surface area contributed by atoms with Gasteiger partial charge in [0.15, 0.2) is 0 Å². The smallest absolute Gasteiger partial charge is 0.203 e. The van der Waals surface area contributed by atoms with Gasteiger partial charge in [0.25, 0.3) is 0 Å². The number of sulfone groups is 1. The van der Waals surface area contributed by atoms with Crippen molar-refractivity contribution in [3.05, 3.63) is 34.5 Å². The Morgan fingerprint density at radius 2 is 2.12 bits per heavy atom. The van der Waals surface area contributed by atoms with Gasteiger partial charge in [0, 0.05) is 6.42 Å². The monoisotopic (exact) mass is 242 g/mol. The lowest BCUT2D eigenvalue weighted by Crippen LogP contribution is -2.07. The Labute approximate surface area is 93.1 Å². The number of benzene rings is 1. The van der Waals surface area contributed by atoms with Crippen LogP contribution in [0.15, 0.2) is 28.0 Å². The van der Waals surface area contributed by atoms with Crippen molar-refractivity contribution in [1.82, 2.24) is 0 Å². The highest BCUT2D eigenvalue weighted by Gasteiger charge is 2.30. The van der Waals surface area contributed by atoms with Gasteiger partial charge >= 0.3 is 0 Å². The summed E-state index contributed by atoms with van der Waals surface area (Å²) in [5.41, 5.74) is 0.357. The average molecular weight is 242 g/mol. The van der Waals surface area contributed by atoms with Crippen LogP contribution in [-0.2, 0) is 9.84 Å². The van der Waals surface area contributed by atoms with E-state index >= 15 is 0 Å². The molecule has 16 heavy (non-hydrogen) atoms. The molecule has 1 atom stereocenters. The summed E-state index contributed by atoms with van der Waals surface area (Å²) in [5.74, 6) is -0.469. The van der Waals surface area contributed by atoms with Crippen LogP contribution in [0.4, 0.5) is 4.39 Å². The van der Waals surface area contributed by atoms with Crippen LogP contribution in [-0.4, -0.2) is 19.6 Å². The lowest BCUT2D eigenvalue weighted by molar-refractivity contribution is 0.197. The first-order valence-corrected chi connectivity index (χ1v) is 6.33. The van der Waals surface area contributed by atoms with E-state index < -0.39 is 21.8 Å². The molecule has 5 heteroatoms. The summed E-state index contributed by atoms with van der Waals surface area (Å²) in [7, 11) is -3.52. The number of hydrogen-bond acceptors (Lipinski definition) is 3. The summed E-state index contributed by atoms with van der Waals surface area (Å²) >= 11 is 0. The first-order chi connectivity index (χ1) is 7.41. The van der Waals surface area contributed by atoms with Crippen molar-refractivity contribution in [2.24, 2.45) is 0 Å². The van der Waals surface area contributed by atoms with Crippen LogP contribution in [0.1, 0.15) is 18.9 Å². The van der Waals surface area contributed by atoms with E-state index in [1.165, 1.54) is 25.1 Å². The van der Waals surface area contributed by atoms with Crippen LogP contribution < -0.4 is 0 Å². The highest BCUT2D eigenvalue weighted by Crippen LogP contribution is 2.35. The number of aliphatic hydroxyl groups excluding tert-OH is 1. The predicted molar refractivity (Wildman–Crippen MR) is 57.9 cm³/mol. The molecule has 0 saturated heterocycles.